The Bertz CT molecular complexity index is 1220. The van der Waals surface area contributed by atoms with E-state index in [0.717, 1.165) is 32.5 Å². The number of nitrogens with zero attached hydrogens (tertiary/aromatic N) is 1. The van der Waals surface area contributed by atoms with Crippen LogP contribution >= 0.6 is 22.7 Å². The lowest BCUT2D eigenvalue weighted by molar-refractivity contribution is -0.145. The predicted molar refractivity (Wildman–Crippen MR) is 116 cm³/mol. The maximum atomic E-state index is 13.0. The van der Waals surface area contributed by atoms with Crippen molar-refractivity contribution in [1.29, 1.82) is 0 Å². The first-order chi connectivity index (χ1) is 15.4. The lowest BCUT2D eigenvalue weighted by Gasteiger charge is -2.41. The predicted octanol–water partition coefficient (Wildman–Crippen LogP) is 2.38. The molecule has 2 aliphatic heterocycles. The molecule has 0 amide bonds. The van der Waals surface area contributed by atoms with E-state index in [1.54, 1.807) is 5.38 Å². The lowest BCUT2D eigenvalue weighted by Crippen LogP contribution is -2.50. The first-order valence-corrected chi connectivity index (χ1v) is 11.0. The highest BCUT2D eigenvalue weighted by atomic mass is 32.1. The van der Waals surface area contributed by atoms with Crippen LogP contribution in [0.4, 0.5) is 5.69 Å². The number of carbonyl (C=O) groups excluding carboxylic acids is 4. The number of anilines is 1. The molecular weight excluding hydrogens is 458 g/mol. The number of thiophene rings is 2. The Kier molecular flexibility index (Phi) is 5.61. The molecule has 0 saturated heterocycles. The van der Waals surface area contributed by atoms with Gasteiger partial charge in [0.1, 0.15) is 0 Å². The average molecular weight is 476 g/mol. The number of hydrogen-bond acceptors (Lipinski definition) is 11. The molecule has 166 valence electrons. The normalized spacial score (nSPS) is 16.6. The Hall–Kier alpha value is -3.44. The van der Waals surface area contributed by atoms with Gasteiger partial charge in [-0.05, 0) is 11.4 Å². The summed E-state index contributed by atoms with van der Waals surface area (Å²) in [6.45, 7) is 0. The van der Waals surface area contributed by atoms with E-state index in [4.69, 9.17) is 18.9 Å². The molecule has 0 saturated carbocycles. The van der Waals surface area contributed by atoms with Gasteiger partial charge in [0.05, 0.1) is 61.4 Å². The number of fused-ring (bicyclic) bond motifs is 6. The van der Waals surface area contributed by atoms with Crippen molar-refractivity contribution in [3.8, 4) is 11.1 Å². The highest BCUT2D eigenvalue weighted by Gasteiger charge is 2.51. The fourth-order valence-electron chi connectivity index (χ4n) is 3.91. The van der Waals surface area contributed by atoms with E-state index >= 15 is 0 Å². The van der Waals surface area contributed by atoms with Gasteiger partial charge in [-0.3, -0.25) is 0 Å². The first-order valence-electron chi connectivity index (χ1n) is 9.16. The molecule has 32 heavy (non-hydrogen) atoms. The summed E-state index contributed by atoms with van der Waals surface area (Å²) < 4.78 is 19.8. The topological polar surface area (TPSA) is 108 Å². The van der Waals surface area contributed by atoms with Crippen LogP contribution < -0.4 is 4.90 Å². The maximum absolute atomic E-state index is 13.0. The summed E-state index contributed by atoms with van der Waals surface area (Å²) in [6.07, 6.45) is 0. The van der Waals surface area contributed by atoms with Crippen LogP contribution in [0.15, 0.2) is 38.9 Å². The van der Waals surface area contributed by atoms with Crippen molar-refractivity contribution >= 4 is 57.9 Å². The van der Waals surface area contributed by atoms with Crippen LogP contribution in [0.5, 0.6) is 0 Å². The lowest BCUT2D eigenvalue weighted by atomic mass is 9.83. The van der Waals surface area contributed by atoms with Crippen LogP contribution in [0.25, 0.3) is 16.8 Å². The zero-order valence-corrected chi connectivity index (χ0v) is 19.0. The molecule has 1 atom stereocenters. The van der Waals surface area contributed by atoms with Crippen LogP contribution in [-0.4, -0.2) is 58.4 Å². The summed E-state index contributed by atoms with van der Waals surface area (Å²) in [4.78, 5) is 54.1. The Morgan fingerprint density at radius 3 is 2.12 bits per heavy atom. The van der Waals surface area contributed by atoms with E-state index in [1.165, 1.54) is 34.7 Å². The molecule has 2 aromatic heterocycles. The second-order valence-corrected chi connectivity index (χ2v) is 8.28. The van der Waals surface area contributed by atoms with Gasteiger partial charge in [-0.1, -0.05) is 0 Å². The summed E-state index contributed by atoms with van der Waals surface area (Å²) in [5.74, 6) is -3.64. The molecule has 9 nitrogen and oxygen atoms in total. The second-order valence-electron chi connectivity index (χ2n) is 6.62. The fourth-order valence-corrected chi connectivity index (χ4v) is 5.69. The molecule has 4 rings (SSSR count). The minimum absolute atomic E-state index is 0.194. The van der Waals surface area contributed by atoms with Crippen molar-refractivity contribution in [1.82, 2.24) is 0 Å². The Labute approximate surface area is 190 Å². The third-order valence-electron chi connectivity index (χ3n) is 5.21. The molecule has 2 aromatic rings. The molecule has 0 spiro atoms. The van der Waals surface area contributed by atoms with Crippen molar-refractivity contribution in [3.05, 3.63) is 43.8 Å². The molecule has 0 N–H and O–H groups in total. The van der Waals surface area contributed by atoms with E-state index in [1.807, 2.05) is 16.8 Å². The first kappa shape index (κ1) is 21.8. The summed E-state index contributed by atoms with van der Waals surface area (Å²) in [6, 6.07) is 0.489. The minimum Gasteiger partial charge on any atom is -0.467 e. The van der Waals surface area contributed by atoms with E-state index in [2.05, 4.69) is 0 Å². The smallest absolute Gasteiger partial charge is 0.340 e. The zero-order chi connectivity index (χ0) is 23.2. The molecule has 2 aliphatic rings. The van der Waals surface area contributed by atoms with Gasteiger partial charge in [-0.2, -0.15) is 0 Å². The van der Waals surface area contributed by atoms with Crippen molar-refractivity contribution < 1.29 is 38.1 Å². The van der Waals surface area contributed by atoms with Gasteiger partial charge in [-0.25, -0.2) is 19.2 Å². The van der Waals surface area contributed by atoms with Gasteiger partial charge in [0.15, 0.2) is 6.04 Å². The molecular formula is C21H17NO8S2. The van der Waals surface area contributed by atoms with Gasteiger partial charge in [0.2, 0.25) is 0 Å². The average Bonchev–Trinajstić information content (AvgIpc) is 3.49. The Morgan fingerprint density at radius 2 is 1.50 bits per heavy atom. The zero-order valence-electron chi connectivity index (χ0n) is 17.4. The number of carbonyl (C=O) groups is 4. The quantitative estimate of drug-likeness (QED) is 0.486. The highest BCUT2D eigenvalue weighted by Crippen LogP contribution is 2.53. The summed E-state index contributed by atoms with van der Waals surface area (Å²) in [5.41, 5.74) is 1.53. The fraction of sp³-hybridized carbons (Fsp3) is 0.238. The Morgan fingerprint density at radius 1 is 0.844 bits per heavy atom. The minimum atomic E-state index is -1.39. The standard InChI is InChI=1S/C21H17NO8S2/c1-27-18(23)12-13(19(24)28-2)15-17-9(5-6-32-17)10-7-31-8-11(10)22(15)16(21(26)30-4)14(12)20(25)29-3/h5-8,16H,1-4H3/t16-/m0/s1. The largest absolute Gasteiger partial charge is 0.467 e. The molecule has 11 heteroatoms. The molecule has 0 unspecified atom stereocenters. The third kappa shape index (κ3) is 2.96. The van der Waals surface area contributed by atoms with Gasteiger partial charge < -0.3 is 23.8 Å². The van der Waals surface area contributed by atoms with Crippen LogP contribution in [-0.2, 0) is 38.1 Å². The van der Waals surface area contributed by atoms with Gasteiger partial charge in [-0.15, -0.1) is 22.7 Å². The van der Waals surface area contributed by atoms with Crippen LogP contribution in [0.1, 0.15) is 4.88 Å². The molecule has 4 heterocycles. The summed E-state index contributed by atoms with van der Waals surface area (Å²) >= 11 is 2.71. The van der Waals surface area contributed by atoms with E-state index < -0.39 is 35.5 Å². The second kappa shape index (κ2) is 8.24. The SMILES string of the molecule is COC(=O)C1=C(C(=O)OC)[C@@H](C(=O)OC)N2C(=C1C(=O)OC)c1sccc1-c1cscc12. The van der Waals surface area contributed by atoms with Crippen molar-refractivity contribution in [3.63, 3.8) is 0 Å². The molecule has 0 aromatic carbocycles. The van der Waals surface area contributed by atoms with Crippen molar-refractivity contribution in [2.75, 3.05) is 33.3 Å². The third-order valence-corrected chi connectivity index (χ3v) is 6.86. The molecule has 0 fully saturated rings. The van der Waals surface area contributed by atoms with E-state index in [9.17, 15) is 19.2 Å². The van der Waals surface area contributed by atoms with Crippen molar-refractivity contribution in [2.45, 2.75) is 6.04 Å². The van der Waals surface area contributed by atoms with E-state index in [-0.39, 0.29) is 16.8 Å². The monoisotopic (exact) mass is 475 g/mol. The van der Waals surface area contributed by atoms with Crippen LogP contribution in [0.2, 0.25) is 0 Å². The number of rotatable bonds is 4. The van der Waals surface area contributed by atoms with Gasteiger partial charge >= 0.3 is 23.9 Å². The van der Waals surface area contributed by atoms with E-state index in [0.29, 0.717) is 10.6 Å². The summed E-state index contributed by atoms with van der Waals surface area (Å²) in [5, 5.41) is 5.53. The summed E-state index contributed by atoms with van der Waals surface area (Å²) in [7, 11) is 4.55. The number of esters is 4. The number of methoxy groups -OCH3 is 4. The Balaban J connectivity index is 2.21. The number of ether oxygens (including phenoxy) is 4. The molecule has 0 aliphatic carbocycles. The van der Waals surface area contributed by atoms with Crippen molar-refractivity contribution in [2.24, 2.45) is 0 Å². The molecule has 0 bridgehead atoms. The van der Waals surface area contributed by atoms with Crippen LogP contribution in [0.3, 0.4) is 0 Å². The maximum Gasteiger partial charge on any atom is 0.340 e. The van der Waals surface area contributed by atoms with Gasteiger partial charge in [0.25, 0.3) is 0 Å². The van der Waals surface area contributed by atoms with Gasteiger partial charge in [0, 0.05) is 21.9 Å². The molecule has 0 radical (unpaired) electrons. The van der Waals surface area contributed by atoms with Crippen LogP contribution in [0, 0.1) is 0 Å². The number of hydrogen-bond donors (Lipinski definition) is 0. The highest BCUT2D eigenvalue weighted by molar-refractivity contribution is 7.12.